The fourth-order valence-electron chi connectivity index (χ4n) is 6.08. The fourth-order valence-corrected chi connectivity index (χ4v) is 6.08. The molecule has 5 heteroatoms. The van der Waals surface area contributed by atoms with Crippen molar-refractivity contribution in [3.63, 3.8) is 0 Å². The van der Waals surface area contributed by atoms with Gasteiger partial charge >= 0.3 is 0 Å². The Morgan fingerprint density at radius 1 is 0.939 bits per heavy atom. The van der Waals surface area contributed by atoms with E-state index in [9.17, 15) is 9.59 Å². The van der Waals surface area contributed by atoms with Crippen LogP contribution in [0.2, 0.25) is 0 Å². The molecule has 5 rings (SSSR count). The molecule has 2 aromatic carbocycles. The second-order valence-corrected chi connectivity index (χ2v) is 10.1. The maximum Gasteiger partial charge on any atom is 0.254 e. The lowest BCUT2D eigenvalue weighted by molar-refractivity contribution is -0.122. The molecule has 33 heavy (non-hydrogen) atoms. The quantitative estimate of drug-likeness (QED) is 0.762. The highest BCUT2D eigenvalue weighted by Gasteiger charge is 2.50. The van der Waals surface area contributed by atoms with E-state index in [2.05, 4.69) is 40.5 Å². The topological polar surface area (TPSA) is 52.7 Å². The van der Waals surface area contributed by atoms with Crippen molar-refractivity contribution in [1.82, 2.24) is 15.1 Å². The highest BCUT2D eigenvalue weighted by Crippen LogP contribution is 2.41. The van der Waals surface area contributed by atoms with E-state index in [4.69, 9.17) is 0 Å². The lowest BCUT2D eigenvalue weighted by Gasteiger charge is -2.34. The van der Waals surface area contributed by atoms with Crippen molar-refractivity contribution < 1.29 is 9.59 Å². The maximum absolute atomic E-state index is 13.9. The number of hydrogen-bond donors (Lipinski definition) is 1. The van der Waals surface area contributed by atoms with Gasteiger partial charge in [-0.15, -0.1) is 0 Å². The largest absolute Gasteiger partial charge is 0.348 e. The normalized spacial score (nSPS) is 26.2. The summed E-state index contributed by atoms with van der Waals surface area (Å²) in [5.41, 5.74) is 2.75. The predicted molar refractivity (Wildman–Crippen MR) is 130 cm³/mol. The third kappa shape index (κ3) is 4.70. The first-order valence-corrected chi connectivity index (χ1v) is 12.6. The minimum Gasteiger partial charge on any atom is -0.348 e. The lowest BCUT2D eigenvalue weighted by atomic mass is 9.79. The summed E-state index contributed by atoms with van der Waals surface area (Å²) in [7, 11) is 0. The van der Waals surface area contributed by atoms with Crippen molar-refractivity contribution in [3.05, 3.63) is 71.3 Å². The zero-order valence-corrected chi connectivity index (χ0v) is 19.5. The Kier molecular flexibility index (Phi) is 6.50. The zero-order chi connectivity index (χ0) is 22.7. The van der Waals surface area contributed by atoms with Crippen LogP contribution in [0.5, 0.6) is 0 Å². The number of amides is 2. The van der Waals surface area contributed by atoms with Gasteiger partial charge in [0.1, 0.15) is 0 Å². The molecule has 0 saturated carbocycles. The SMILES string of the molecule is O=C1CCCC[C@]2(CN(C(=O)c3ccccc3CN3CCCCC3)C[C@H]2c2ccccc2)N1. The molecule has 2 aromatic rings. The summed E-state index contributed by atoms with van der Waals surface area (Å²) in [6, 6.07) is 18.5. The first-order valence-electron chi connectivity index (χ1n) is 12.6. The summed E-state index contributed by atoms with van der Waals surface area (Å²) in [6.07, 6.45) is 7.21. The van der Waals surface area contributed by atoms with Crippen LogP contribution in [-0.2, 0) is 11.3 Å². The van der Waals surface area contributed by atoms with E-state index >= 15 is 0 Å². The van der Waals surface area contributed by atoms with Crippen LogP contribution in [0.4, 0.5) is 0 Å². The Morgan fingerprint density at radius 2 is 1.70 bits per heavy atom. The molecule has 3 heterocycles. The van der Waals surface area contributed by atoms with Crippen molar-refractivity contribution >= 4 is 11.8 Å². The molecule has 5 nitrogen and oxygen atoms in total. The van der Waals surface area contributed by atoms with Gasteiger partial charge in [-0.25, -0.2) is 0 Å². The number of hydrogen-bond acceptors (Lipinski definition) is 3. The van der Waals surface area contributed by atoms with Crippen molar-refractivity contribution in [2.45, 2.75) is 62.9 Å². The third-order valence-corrected chi connectivity index (χ3v) is 7.79. The summed E-state index contributed by atoms with van der Waals surface area (Å²) in [4.78, 5) is 31.0. The third-order valence-electron chi connectivity index (χ3n) is 7.79. The monoisotopic (exact) mass is 445 g/mol. The molecule has 1 spiro atoms. The maximum atomic E-state index is 13.9. The summed E-state index contributed by atoms with van der Waals surface area (Å²) in [5.74, 6) is 0.325. The Balaban J connectivity index is 1.43. The van der Waals surface area contributed by atoms with Gasteiger partial charge in [-0.3, -0.25) is 14.5 Å². The average molecular weight is 446 g/mol. The molecule has 2 atom stereocenters. The van der Waals surface area contributed by atoms with Gasteiger partial charge in [0.15, 0.2) is 0 Å². The molecule has 2 amide bonds. The summed E-state index contributed by atoms with van der Waals surface area (Å²) < 4.78 is 0. The Morgan fingerprint density at radius 3 is 2.52 bits per heavy atom. The molecule has 3 fully saturated rings. The van der Waals surface area contributed by atoms with Gasteiger partial charge in [-0.2, -0.15) is 0 Å². The Bertz CT molecular complexity index is 986. The number of rotatable bonds is 4. The molecule has 1 N–H and O–H groups in total. The van der Waals surface area contributed by atoms with Crippen molar-refractivity contribution in [3.8, 4) is 0 Å². The van der Waals surface area contributed by atoms with E-state index in [-0.39, 0.29) is 23.3 Å². The van der Waals surface area contributed by atoms with Gasteiger partial charge in [0, 0.05) is 37.5 Å². The molecule has 174 valence electrons. The van der Waals surface area contributed by atoms with E-state index in [0.29, 0.717) is 19.5 Å². The number of likely N-dealkylation sites (tertiary alicyclic amines) is 2. The Hall–Kier alpha value is -2.66. The second kappa shape index (κ2) is 9.68. The van der Waals surface area contributed by atoms with Crippen LogP contribution in [0.1, 0.15) is 72.3 Å². The Labute approximate surface area is 197 Å². The van der Waals surface area contributed by atoms with Crippen LogP contribution < -0.4 is 5.32 Å². The minimum absolute atomic E-state index is 0.0962. The van der Waals surface area contributed by atoms with E-state index in [1.807, 2.05) is 29.2 Å². The lowest BCUT2D eigenvalue weighted by Crippen LogP contribution is -2.52. The van der Waals surface area contributed by atoms with Crippen LogP contribution in [0.25, 0.3) is 0 Å². The molecule has 0 aliphatic carbocycles. The smallest absolute Gasteiger partial charge is 0.254 e. The molecular weight excluding hydrogens is 410 g/mol. The van der Waals surface area contributed by atoms with Crippen LogP contribution in [0.15, 0.2) is 54.6 Å². The number of carbonyl (C=O) groups excluding carboxylic acids is 2. The molecule has 3 saturated heterocycles. The van der Waals surface area contributed by atoms with E-state index in [0.717, 1.165) is 50.0 Å². The first kappa shape index (κ1) is 22.1. The van der Waals surface area contributed by atoms with Crippen molar-refractivity contribution in [2.75, 3.05) is 26.2 Å². The minimum atomic E-state index is -0.383. The van der Waals surface area contributed by atoms with Crippen LogP contribution in [0, 0.1) is 0 Å². The van der Waals surface area contributed by atoms with Crippen molar-refractivity contribution in [2.24, 2.45) is 0 Å². The van der Waals surface area contributed by atoms with Gasteiger partial charge in [0.05, 0.1) is 5.54 Å². The van der Waals surface area contributed by atoms with Gasteiger partial charge < -0.3 is 10.2 Å². The first-order chi connectivity index (χ1) is 16.1. The zero-order valence-electron chi connectivity index (χ0n) is 19.5. The molecule has 3 aliphatic heterocycles. The number of nitrogens with zero attached hydrogens (tertiary/aromatic N) is 2. The number of piperidine rings is 1. The summed E-state index contributed by atoms with van der Waals surface area (Å²) in [5, 5.41) is 3.38. The molecule has 3 aliphatic rings. The van der Waals surface area contributed by atoms with Crippen LogP contribution in [-0.4, -0.2) is 53.3 Å². The fraction of sp³-hybridized carbons (Fsp3) is 0.500. The van der Waals surface area contributed by atoms with Gasteiger partial charge in [0.2, 0.25) is 5.91 Å². The molecule has 0 bridgehead atoms. The van der Waals surface area contributed by atoms with E-state index in [1.165, 1.54) is 24.8 Å². The van der Waals surface area contributed by atoms with Crippen LogP contribution in [0.3, 0.4) is 0 Å². The molecule has 0 unspecified atom stereocenters. The summed E-state index contributed by atoms with van der Waals surface area (Å²) >= 11 is 0. The highest BCUT2D eigenvalue weighted by molar-refractivity contribution is 5.96. The molecular formula is C28H35N3O2. The number of nitrogens with one attached hydrogen (secondary N) is 1. The number of carbonyl (C=O) groups is 2. The molecule has 0 aromatic heterocycles. The van der Waals surface area contributed by atoms with E-state index < -0.39 is 0 Å². The van der Waals surface area contributed by atoms with Gasteiger partial charge in [0.25, 0.3) is 5.91 Å². The van der Waals surface area contributed by atoms with Crippen molar-refractivity contribution in [1.29, 1.82) is 0 Å². The standard InChI is InChI=1S/C28H35N3O2/c32-26-15-7-8-16-28(29-26)21-31(20-25(28)22-11-3-1-4-12-22)27(33)24-14-6-5-13-23(24)19-30-17-9-2-10-18-30/h1,3-6,11-14,25H,2,7-10,15-21H2,(H,29,32)/t25-,28+/m0/s1. The highest BCUT2D eigenvalue weighted by atomic mass is 16.2. The van der Waals surface area contributed by atoms with Gasteiger partial charge in [-0.05, 0) is 56.0 Å². The van der Waals surface area contributed by atoms with Crippen LogP contribution >= 0.6 is 0 Å². The summed E-state index contributed by atoms with van der Waals surface area (Å²) in [6.45, 7) is 4.27. The molecule has 0 radical (unpaired) electrons. The second-order valence-electron chi connectivity index (χ2n) is 10.1. The van der Waals surface area contributed by atoms with E-state index in [1.54, 1.807) is 0 Å². The predicted octanol–water partition coefficient (Wildman–Crippen LogP) is 4.34. The van der Waals surface area contributed by atoms with Gasteiger partial charge in [-0.1, -0.05) is 61.4 Å². The number of benzene rings is 2. The average Bonchev–Trinajstić information content (AvgIpc) is 3.11.